The molecule has 2 aromatic rings. The molecule has 2 fully saturated rings. The maximum absolute atomic E-state index is 13.0. The van der Waals surface area contributed by atoms with Gasteiger partial charge in [0.25, 0.3) is 0 Å². The maximum atomic E-state index is 13.0. The van der Waals surface area contributed by atoms with E-state index in [1.807, 2.05) is 24.3 Å². The van der Waals surface area contributed by atoms with Crippen molar-refractivity contribution in [2.45, 2.75) is 49.6 Å². The van der Waals surface area contributed by atoms with Crippen LogP contribution in [-0.4, -0.2) is 57.8 Å². The number of ether oxygens (including phenoxy) is 1. The number of hydrogen-bond acceptors (Lipinski definition) is 5. The van der Waals surface area contributed by atoms with Crippen molar-refractivity contribution in [2.75, 3.05) is 18.2 Å². The zero-order valence-electron chi connectivity index (χ0n) is 18.9. The summed E-state index contributed by atoms with van der Waals surface area (Å²) in [6.07, 6.45) is 2.76. The number of nitrogens with one attached hydrogen (secondary N) is 1. The Bertz CT molecular complexity index is 1070. The van der Waals surface area contributed by atoms with Gasteiger partial charge in [0.05, 0.1) is 17.8 Å². The van der Waals surface area contributed by atoms with E-state index in [-0.39, 0.29) is 24.9 Å². The summed E-state index contributed by atoms with van der Waals surface area (Å²) in [6.45, 7) is 0.216. The molecule has 0 spiro atoms. The summed E-state index contributed by atoms with van der Waals surface area (Å²) in [6, 6.07) is 15.6. The molecular weight excluding hydrogens is 452 g/mol. The molecule has 1 atom stereocenters. The molecule has 8 heteroatoms. The van der Waals surface area contributed by atoms with Crippen molar-refractivity contribution in [2.24, 2.45) is 0 Å². The Morgan fingerprint density at radius 2 is 1.65 bits per heavy atom. The van der Waals surface area contributed by atoms with Crippen molar-refractivity contribution in [1.82, 2.24) is 10.2 Å². The van der Waals surface area contributed by atoms with Crippen LogP contribution in [0.2, 0.25) is 0 Å². The minimum Gasteiger partial charge on any atom is -0.480 e. The third-order valence-electron chi connectivity index (χ3n) is 7.25. The molecule has 0 aromatic heterocycles. The van der Waals surface area contributed by atoms with Gasteiger partial charge in [-0.15, -0.1) is 11.8 Å². The highest BCUT2D eigenvalue weighted by atomic mass is 32.2. The fourth-order valence-corrected chi connectivity index (χ4v) is 6.70. The number of carboxylic acid groups (broad SMARTS) is 1. The molecule has 34 heavy (non-hydrogen) atoms. The number of amides is 2. The van der Waals surface area contributed by atoms with Gasteiger partial charge in [-0.05, 0) is 35.1 Å². The number of thioether (sulfide) groups is 1. The molecule has 0 bridgehead atoms. The van der Waals surface area contributed by atoms with Crippen LogP contribution in [0.25, 0.3) is 11.1 Å². The third-order valence-corrected chi connectivity index (χ3v) is 8.26. The first-order chi connectivity index (χ1) is 16.5. The molecule has 2 amide bonds. The van der Waals surface area contributed by atoms with E-state index in [1.54, 1.807) is 0 Å². The van der Waals surface area contributed by atoms with Crippen LogP contribution in [0.5, 0.6) is 0 Å². The number of benzene rings is 2. The van der Waals surface area contributed by atoms with Crippen molar-refractivity contribution in [3.05, 3.63) is 59.7 Å². The van der Waals surface area contributed by atoms with Crippen LogP contribution in [-0.2, 0) is 14.3 Å². The average molecular weight is 481 g/mol. The summed E-state index contributed by atoms with van der Waals surface area (Å²) in [5, 5.41) is 12.4. The van der Waals surface area contributed by atoms with Gasteiger partial charge in [0, 0.05) is 11.7 Å². The van der Waals surface area contributed by atoms with Gasteiger partial charge in [0.2, 0.25) is 5.91 Å². The van der Waals surface area contributed by atoms with Gasteiger partial charge in [-0.1, -0.05) is 61.4 Å². The fourth-order valence-electron chi connectivity index (χ4n) is 5.53. The number of hydrogen-bond donors (Lipinski definition) is 2. The molecule has 1 saturated carbocycles. The van der Waals surface area contributed by atoms with Crippen molar-refractivity contribution in [1.29, 1.82) is 0 Å². The second-order valence-corrected chi connectivity index (χ2v) is 10.3. The lowest BCUT2D eigenvalue weighted by Crippen LogP contribution is -2.51. The molecule has 1 saturated heterocycles. The van der Waals surface area contributed by atoms with Crippen molar-refractivity contribution >= 4 is 29.7 Å². The van der Waals surface area contributed by atoms with Gasteiger partial charge >= 0.3 is 12.1 Å². The van der Waals surface area contributed by atoms with Gasteiger partial charge in [0.15, 0.2) is 0 Å². The number of carbonyl (C=O) groups is 3. The summed E-state index contributed by atoms with van der Waals surface area (Å²) in [5.41, 5.74) is 3.94. The molecule has 0 radical (unpaired) electrons. The highest BCUT2D eigenvalue weighted by Gasteiger charge is 2.42. The zero-order valence-corrected chi connectivity index (χ0v) is 19.7. The smallest absolute Gasteiger partial charge is 0.407 e. The summed E-state index contributed by atoms with van der Waals surface area (Å²) in [4.78, 5) is 38.8. The van der Waals surface area contributed by atoms with E-state index in [1.165, 1.54) is 27.8 Å². The normalized spacial score (nSPS) is 20.6. The zero-order chi connectivity index (χ0) is 23.7. The number of alkyl carbamates (subject to hydrolysis) is 1. The SMILES string of the molecule is O=C(NC1(CC(=O)N2CSC[C@H]2C(=O)O)CCCC1)OCC1c2ccccc2-c2ccccc21. The van der Waals surface area contributed by atoms with Gasteiger partial charge in [-0.3, -0.25) is 4.79 Å². The van der Waals surface area contributed by atoms with Crippen LogP contribution < -0.4 is 5.32 Å². The number of carbonyl (C=O) groups excluding carboxylic acids is 2. The topological polar surface area (TPSA) is 95.9 Å². The summed E-state index contributed by atoms with van der Waals surface area (Å²) in [7, 11) is 0. The Labute approximate surface area is 202 Å². The number of nitrogens with zero attached hydrogens (tertiary/aromatic N) is 1. The first kappa shape index (κ1) is 22.8. The van der Waals surface area contributed by atoms with Gasteiger partial charge < -0.3 is 20.1 Å². The quantitative estimate of drug-likeness (QED) is 0.643. The van der Waals surface area contributed by atoms with Crippen LogP contribution in [0.1, 0.15) is 49.1 Å². The van der Waals surface area contributed by atoms with Crippen LogP contribution in [0.4, 0.5) is 4.79 Å². The Morgan fingerprint density at radius 3 is 2.26 bits per heavy atom. The van der Waals surface area contributed by atoms with Gasteiger partial charge in [0.1, 0.15) is 12.6 Å². The molecule has 7 nitrogen and oxygen atoms in total. The largest absolute Gasteiger partial charge is 0.480 e. The Kier molecular flexibility index (Phi) is 6.25. The van der Waals surface area contributed by atoms with E-state index < -0.39 is 23.6 Å². The number of carboxylic acids is 1. The predicted molar refractivity (Wildman–Crippen MR) is 130 cm³/mol. The van der Waals surface area contributed by atoms with Gasteiger partial charge in [-0.2, -0.15) is 0 Å². The first-order valence-corrected chi connectivity index (χ1v) is 12.9. The molecule has 178 valence electrons. The van der Waals surface area contributed by atoms with E-state index in [9.17, 15) is 19.5 Å². The minimum atomic E-state index is -0.983. The molecule has 2 aliphatic carbocycles. The summed E-state index contributed by atoms with van der Waals surface area (Å²) in [5.74, 6) is -0.469. The van der Waals surface area contributed by atoms with E-state index in [2.05, 4.69) is 29.6 Å². The Balaban J connectivity index is 1.25. The highest BCUT2D eigenvalue weighted by Crippen LogP contribution is 2.44. The molecular formula is C26H28N2O5S. The maximum Gasteiger partial charge on any atom is 0.407 e. The van der Waals surface area contributed by atoms with Crippen molar-refractivity contribution in [3.63, 3.8) is 0 Å². The van der Waals surface area contributed by atoms with Crippen LogP contribution >= 0.6 is 11.8 Å². The van der Waals surface area contributed by atoms with Crippen molar-refractivity contribution in [3.8, 4) is 11.1 Å². The van der Waals surface area contributed by atoms with Gasteiger partial charge in [-0.25, -0.2) is 9.59 Å². The van der Waals surface area contributed by atoms with Crippen LogP contribution in [0.3, 0.4) is 0 Å². The Morgan fingerprint density at radius 1 is 1.03 bits per heavy atom. The number of fused-ring (bicyclic) bond motifs is 3. The monoisotopic (exact) mass is 480 g/mol. The predicted octanol–water partition coefficient (Wildman–Crippen LogP) is 4.21. The summed E-state index contributed by atoms with van der Waals surface area (Å²) >= 11 is 1.44. The highest BCUT2D eigenvalue weighted by molar-refractivity contribution is 7.99. The fraction of sp³-hybridized carbons (Fsp3) is 0.423. The standard InChI is InChI=1S/C26H28N2O5S/c29-23(28-16-34-15-22(28)24(30)31)13-26(11-5-6-12-26)27-25(32)33-14-21-19-9-3-1-7-17(19)18-8-2-4-10-20(18)21/h1-4,7-10,21-22H,5-6,11-16H2,(H,27,32)(H,30,31)/t22-/m0/s1. The lowest BCUT2D eigenvalue weighted by Gasteiger charge is -2.32. The average Bonchev–Trinajstić information content (AvgIpc) is 3.56. The number of aliphatic carboxylic acids is 1. The molecule has 1 heterocycles. The van der Waals surface area contributed by atoms with Crippen LogP contribution in [0.15, 0.2) is 48.5 Å². The Hall–Kier alpha value is -3.00. The third kappa shape index (κ3) is 4.27. The van der Waals surface area contributed by atoms with Crippen molar-refractivity contribution < 1.29 is 24.2 Å². The molecule has 0 unspecified atom stereocenters. The molecule has 5 rings (SSSR count). The van der Waals surface area contributed by atoms with E-state index >= 15 is 0 Å². The first-order valence-electron chi connectivity index (χ1n) is 11.7. The molecule has 2 aromatic carbocycles. The molecule has 3 aliphatic rings. The number of rotatable bonds is 6. The van der Waals surface area contributed by atoms with Crippen LogP contribution in [0, 0.1) is 0 Å². The lowest BCUT2D eigenvalue weighted by atomic mass is 9.92. The second-order valence-electron chi connectivity index (χ2n) is 9.33. The lowest BCUT2D eigenvalue weighted by molar-refractivity contribution is -0.148. The van der Waals surface area contributed by atoms with E-state index in [0.717, 1.165) is 24.0 Å². The molecule has 2 N–H and O–H groups in total. The minimum absolute atomic E-state index is 0.0303. The van der Waals surface area contributed by atoms with E-state index in [4.69, 9.17) is 4.74 Å². The summed E-state index contributed by atoms with van der Waals surface area (Å²) < 4.78 is 5.72. The van der Waals surface area contributed by atoms with E-state index in [0.29, 0.717) is 24.5 Å². The molecule has 1 aliphatic heterocycles. The second kappa shape index (κ2) is 9.33.